The normalized spacial score (nSPS) is 17.3. The van der Waals surface area contributed by atoms with Gasteiger partial charge in [0.05, 0.1) is 0 Å². The zero-order valence-corrected chi connectivity index (χ0v) is 11.4. The van der Waals surface area contributed by atoms with Gasteiger partial charge in [-0.05, 0) is 0 Å². The zero-order valence-electron chi connectivity index (χ0n) is 9.32. The zero-order chi connectivity index (χ0) is 9.90. The summed E-state index contributed by atoms with van der Waals surface area (Å²) in [7, 11) is 0. The molecule has 1 aliphatic rings. The maximum absolute atomic E-state index is 4.24. The SMILES string of the molecule is C=[C](CCC1=CCCC1)[Ge]([CH3])([CH3])[CH3]. The summed E-state index contributed by atoms with van der Waals surface area (Å²) in [5, 5.41) is 0. The van der Waals surface area contributed by atoms with Crippen molar-refractivity contribution in [3.05, 3.63) is 22.6 Å². The van der Waals surface area contributed by atoms with Gasteiger partial charge in [0.2, 0.25) is 0 Å². The fourth-order valence-electron chi connectivity index (χ4n) is 1.65. The molecule has 0 aromatic heterocycles. The first kappa shape index (κ1) is 11.1. The monoisotopic (exact) mass is 240 g/mol. The van der Waals surface area contributed by atoms with E-state index < -0.39 is 13.3 Å². The van der Waals surface area contributed by atoms with E-state index in [1.807, 2.05) is 0 Å². The molecule has 0 heterocycles. The molecule has 0 aromatic carbocycles. The topological polar surface area (TPSA) is 0 Å². The third-order valence-corrected chi connectivity index (χ3v) is 7.92. The van der Waals surface area contributed by atoms with Crippen LogP contribution in [0.2, 0.25) is 17.3 Å². The molecule has 0 saturated heterocycles. The van der Waals surface area contributed by atoms with Crippen molar-refractivity contribution in [3.8, 4) is 0 Å². The van der Waals surface area contributed by atoms with Crippen molar-refractivity contribution in [2.45, 2.75) is 49.4 Å². The molecule has 1 aliphatic carbocycles. The minimum atomic E-state index is -1.52. The Hall–Kier alpha value is 0.0229. The molecule has 0 amide bonds. The van der Waals surface area contributed by atoms with Gasteiger partial charge >= 0.3 is 85.3 Å². The fraction of sp³-hybridized carbons (Fsp3) is 0.667. The number of hydrogen-bond acceptors (Lipinski definition) is 0. The van der Waals surface area contributed by atoms with Crippen LogP contribution in [0.25, 0.3) is 0 Å². The molecular weight excluding hydrogens is 217 g/mol. The van der Waals surface area contributed by atoms with E-state index >= 15 is 0 Å². The standard InChI is InChI=1S/C12H22Ge/c1-11(13(2,3)4)9-10-12-7-5-6-8-12/h7H,1,5-6,8-10H2,2-4H3. The van der Waals surface area contributed by atoms with Crippen LogP contribution in [-0.4, -0.2) is 13.3 Å². The van der Waals surface area contributed by atoms with Gasteiger partial charge in [-0.2, -0.15) is 0 Å². The van der Waals surface area contributed by atoms with Crippen molar-refractivity contribution in [2.24, 2.45) is 0 Å². The average Bonchev–Trinajstić information content (AvgIpc) is 2.50. The summed E-state index contributed by atoms with van der Waals surface area (Å²) in [4.78, 5) is 0. The van der Waals surface area contributed by atoms with E-state index in [0.717, 1.165) is 0 Å². The third-order valence-electron chi connectivity index (χ3n) is 2.94. The van der Waals surface area contributed by atoms with Crippen molar-refractivity contribution >= 4 is 13.3 Å². The van der Waals surface area contributed by atoms with Crippen LogP contribution >= 0.6 is 0 Å². The molecule has 74 valence electrons. The van der Waals surface area contributed by atoms with Gasteiger partial charge in [-0.25, -0.2) is 0 Å². The molecule has 13 heavy (non-hydrogen) atoms. The molecule has 1 heteroatoms. The van der Waals surface area contributed by atoms with Crippen LogP contribution in [0.5, 0.6) is 0 Å². The van der Waals surface area contributed by atoms with Crippen LogP contribution in [0.15, 0.2) is 22.6 Å². The second-order valence-corrected chi connectivity index (χ2v) is 16.0. The summed E-state index contributed by atoms with van der Waals surface area (Å²) < 4.78 is 1.58. The number of rotatable bonds is 4. The quantitative estimate of drug-likeness (QED) is 0.506. The van der Waals surface area contributed by atoms with Crippen LogP contribution in [0.3, 0.4) is 0 Å². The molecule has 0 aliphatic heterocycles. The Labute approximate surface area is 85.5 Å². The van der Waals surface area contributed by atoms with E-state index in [1.165, 1.54) is 32.1 Å². The molecule has 0 nitrogen and oxygen atoms in total. The van der Waals surface area contributed by atoms with Gasteiger partial charge in [0.1, 0.15) is 0 Å². The van der Waals surface area contributed by atoms with E-state index in [1.54, 1.807) is 9.98 Å². The van der Waals surface area contributed by atoms with Crippen LogP contribution in [-0.2, 0) is 0 Å². The predicted molar refractivity (Wildman–Crippen MR) is 63.7 cm³/mol. The van der Waals surface area contributed by atoms with E-state index in [9.17, 15) is 0 Å². The molecule has 0 radical (unpaired) electrons. The summed E-state index contributed by atoms with van der Waals surface area (Å²) in [6.07, 6.45) is 9.04. The van der Waals surface area contributed by atoms with Crippen molar-refractivity contribution in [3.63, 3.8) is 0 Å². The predicted octanol–water partition coefficient (Wildman–Crippen LogP) is 4.31. The molecule has 0 N–H and O–H groups in total. The van der Waals surface area contributed by atoms with Gasteiger partial charge in [-0.15, -0.1) is 0 Å². The van der Waals surface area contributed by atoms with Gasteiger partial charge in [0.25, 0.3) is 0 Å². The van der Waals surface area contributed by atoms with Gasteiger partial charge in [0, 0.05) is 0 Å². The summed E-state index contributed by atoms with van der Waals surface area (Å²) in [6.45, 7) is 4.24. The van der Waals surface area contributed by atoms with Crippen LogP contribution < -0.4 is 0 Å². The maximum atomic E-state index is 4.24. The molecule has 0 atom stereocenters. The molecule has 0 saturated carbocycles. The Morgan fingerprint density at radius 1 is 1.46 bits per heavy atom. The molecule has 0 bridgehead atoms. The Morgan fingerprint density at radius 2 is 2.15 bits per heavy atom. The summed E-state index contributed by atoms with van der Waals surface area (Å²) in [5.74, 6) is 7.31. The second kappa shape index (κ2) is 4.50. The van der Waals surface area contributed by atoms with Gasteiger partial charge in [-0.3, -0.25) is 0 Å². The van der Waals surface area contributed by atoms with Gasteiger partial charge in [0.15, 0.2) is 0 Å². The van der Waals surface area contributed by atoms with E-state index in [4.69, 9.17) is 0 Å². The summed E-state index contributed by atoms with van der Waals surface area (Å²) >= 11 is -1.52. The second-order valence-electron chi connectivity index (χ2n) is 5.11. The van der Waals surface area contributed by atoms with Crippen LogP contribution in [0, 0.1) is 0 Å². The van der Waals surface area contributed by atoms with Crippen LogP contribution in [0.4, 0.5) is 0 Å². The summed E-state index contributed by atoms with van der Waals surface area (Å²) in [6, 6.07) is 0. The van der Waals surface area contributed by atoms with Crippen molar-refractivity contribution in [1.29, 1.82) is 0 Å². The van der Waals surface area contributed by atoms with Crippen molar-refractivity contribution in [2.75, 3.05) is 0 Å². The van der Waals surface area contributed by atoms with Crippen molar-refractivity contribution in [1.82, 2.24) is 0 Å². The van der Waals surface area contributed by atoms with Crippen LogP contribution in [0.1, 0.15) is 32.1 Å². The molecule has 0 spiro atoms. The first-order valence-corrected chi connectivity index (χ1v) is 12.7. The first-order valence-electron chi connectivity index (χ1n) is 5.36. The number of allylic oxidation sites excluding steroid dienone is 3. The number of hydrogen-bond donors (Lipinski definition) is 0. The fourth-order valence-corrected chi connectivity index (χ4v) is 3.49. The first-order chi connectivity index (χ1) is 6.00. The molecule has 1 rings (SSSR count). The minimum absolute atomic E-state index is 1.26. The Kier molecular flexibility index (Phi) is 3.84. The van der Waals surface area contributed by atoms with E-state index in [-0.39, 0.29) is 0 Å². The van der Waals surface area contributed by atoms with E-state index in [2.05, 4.69) is 29.9 Å². The Morgan fingerprint density at radius 3 is 2.62 bits per heavy atom. The Bertz CT molecular complexity index is 218. The molecule has 0 aromatic rings. The Balaban J connectivity index is 2.30. The van der Waals surface area contributed by atoms with Gasteiger partial charge < -0.3 is 0 Å². The molecule has 0 fully saturated rings. The summed E-state index contributed by atoms with van der Waals surface area (Å²) in [5.41, 5.74) is 1.69. The average molecular weight is 239 g/mol. The van der Waals surface area contributed by atoms with Crippen molar-refractivity contribution < 1.29 is 0 Å². The third kappa shape index (κ3) is 3.72. The molecule has 0 unspecified atom stereocenters. The van der Waals surface area contributed by atoms with Gasteiger partial charge in [-0.1, -0.05) is 0 Å². The van der Waals surface area contributed by atoms with E-state index in [0.29, 0.717) is 0 Å². The molecular formula is C12H22Ge.